The quantitative estimate of drug-likeness (QED) is 0.891. The Hall–Kier alpha value is -1.25. The molecular weight excluding hydrogens is 332 g/mol. The van der Waals surface area contributed by atoms with Crippen LogP contribution in [0.2, 0.25) is 0 Å². The lowest BCUT2D eigenvalue weighted by atomic mass is 10.1. The van der Waals surface area contributed by atoms with Crippen molar-refractivity contribution in [1.82, 2.24) is 9.21 Å². The lowest BCUT2D eigenvalue weighted by Gasteiger charge is -2.34. The number of aliphatic hydroxyl groups is 1. The van der Waals surface area contributed by atoms with Crippen LogP contribution in [-0.4, -0.2) is 55.5 Å². The molecule has 1 aromatic carbocycles. The number of benzene rings is 1. The molecule has 23 heavy (non-hydrogen) atoms. The minimum atomic E-state index is -3.36. The Balaban J connectivity index is 1.57. The Morgan fingerprint density at radius 3 is 2.35 bits per heavy atom. The summed E-state index contributed by atoms with van der Waals surface area (Å²) >= 11 is 1.25. The van der Waals surface area contributed by atoms with Gasteiger partial charge in [0.25, 0.3) is 10.0 Å². The number of hydrogen-bond acceptors (Lipinski definition) is 5. The standard InChI is InChI=1S/C16H20N2O3S2/c19-15(14-5-2-1-3-6-14)13-17-8-10-18(11-9-17)23(20,21)16-7-4-12-22-16/h1-7,12,15,19H,8-11,13H2/t15-/m1/s1. The van der Waals surface area contributed by atoms with Crippen LogP contribution in [0.4, 0.5) is 0 Å². The number of nitrogens with zero attached hydrogens (tertiary/aromatic N) is 2. The summed E-state index contributed by atoms with van der Waals surface area (Å²) in [6, 6.07) is 12.9. The molecule has 3 rings (SSSR count). The second-order valence-electron chi connectivity index (χ2n) is 5.56. The van der Waals surface area contributed by atoms with Crippen molar-refractivity contribution < 1.29 is 13.5 Å². The second kappa shape index (κ2) is 7.11. The number of sulfonamides is 1. The number of β-amino-alcohol motifs (C(OH)–C–C–N with tert-alkyl or cyclic N) is 1. The van der Waals surface area contributed by atoms with Crippen molar-refractivity contribution in [2.75, 3.05) is 32.7 Å². The van der Waals surface area contributed by atoms with Crippen molar-refractivity contribution in [1.29, 1.82) is 0 Å². The average Bonchev–Trinajstić information content (AvgIpc) is 3.11. The Kier molecular flexibility index (Phi) is 5.13. The third kappa shape index (κ3) is 3.81. The first-order valence-electron chi connectivity index (χ1n) is 7.56. The Labute approximate surface area is 140 Å². The smallest absolute Gasteiger partial charge is 0.252 e. The fourth-order valence-electron chi connectivity index (χ4n) is 2.72. The maximum Gasteiger partial charge on any atom is 0.252 e. The number of piperazine rings is 1. The highest BCUT2D eigenvalue weighted by Gasteiger charge is 2.29. The molecule has 2 heterocycles. The van der Waals surface area contributed by atoms with Crippen LogP contribution >= 0.6 is 11.3 Å². The fourth-order valence-corrected chi connectivity index (χ4v) is 5.28. The van der Waals surface area contributed by atoms with E-state index in [1.54, 1.807) is 17.5 Å². The van der Waals surface area contributed by atoms with Gasteiger partial charge in [-0.25, -0.2) is 8.42 Å². The molecule has 0 amide bonds. The molecule has 0 spiro atoms. The SMILES string of the molecule is O=S(=O)(c1cccs1)N1CCN(C[C@@H](O)c2ccccc2)CC1. The zero-order valence-electron chi connectivity index (χ0n) is 12.7. The normalized spacial score (nSPS) is 18.8. The number of thiophene rings is 1. The molecule has 2 aromatic rings. The first-order chi connectivity index (χ1) is 11.1. The maximum absolute atomic E-state index is 12.5. The Morgan fingerprint density at radius 2 is 1.74 bits per heavy atom. The van der Waals surface area contributed by atoms with Gasteiger partial charge in [0, 0.05) is 32.7 Å². The predicted octanol–water partition coefficient (Wildman–Crippen LogP) is 1.79. The van der Waals surface area contributed by atoms with Crippen molar-refractivity contribution in [2.24, 2.45) is 0 Å². The van der Waals surface area contributed by atoms with Crippen LogP contribution in [0.1, 0.15) is 11.7 Å². The van der Waals surface area contributed by atoms with Crippen molar-refractivity contribution in [3.63, 3.8) is 0 Å². The molecule has 1 atom stereocenters. The average molecular weight is 352 g/mol. The van der Waals surface area contributed by atoms with E-state index in [4.69, 9.17) is 0 Å². The van der Waals surface area contributed by atoms with Gasteiger partial charge in [-0.2, -0.15) is 4.31 Å². The highest BCUT2D eigenvalue weighted by Crippen LogP contribution is 2.22. The first kappa shape index (κ1) is 16.6. The summed E-state index contributed by atoms with van der Waals surface area (Å²) in [5, 5.41) is 12.1. The first-order valence-corrected chi connectivity index (χ1v) is 9.88. The van der Waals surface area contributed by atoms with Gasteiger partial charge in [-0.1, -0.05) is 36.4 Å². The van der Waals surface area contributed by atoms with Gasteiger partial charge in [0.1, 0.15) is 4.21 Å². The molecule has 1 N–H and O–H groups in total. The van der Waals surface area contributed by atoms with E-state index in [-0.39, 0.29) is 0 Å². The van der Waals surface area contributed by atoms with E-state index in [0.717, 1.165) is 5.56 Å². The monoisotopic (exact) mass is 352 g/mol. The van der Waals surface area contributed by atoms with Gasteiger partial charge in [0.15, 0.2) is 0 Å². The minimum Gasteiger partial charge on any atom is -0.387 e. The van der Waals surface area contributed by atoms with Gasteiger partial charge >= 0.3 is 0 Å². The molecule has 124 valence electrons. The zero-order chi connectivity index (χ0) is 16.3. The zero-order valence-corrected chi connectivity index (χ0v) is 14.3. The molecule has 0 aliphatic carbocycles. The molecule has 1 fully saturated rings. The van der Waals surface area contributed by atoms with Crippen LogP contribution < -0.4 is 0 Å². The van der Waals surface area contributed by atoms with E-state index >= 15 is 0 Å². The van der Waals surface area contributed by atoms with E-state index in [9.17, 15) is 13.5 Å². The number of rotatable bonds is 5. The van der Waals surface area contributed by atoms with Gasteiger partial charge in [-0.05, 0) is 17.0 Å². The molecule has 1 aliphatic rings. The van der Waals surface area contributed by atoms with Crippen molar-refractivity contribution in [2.45, 2.75) is 10.3 Å². The van der Waals surface area contributed by atoms with Crippen LogP contribution in [0.5, 0.6) is 0 Å². The molecule has 1 saturated heterocycles. The summed E-state index contributed by atoms with van der Waals surface area (Å²) in [4.78, 5) is 2.11. The van der Waals surface area contributed by atoms with Crippen molar-refractivity contribution >= 4 is 21.4 Å². The largest absolute Gasteiger partial charge is 0.387 e. The molecule has 0 radical (unpaired) electrons. The van der Waals surface area contributed by atoms with E-state index < -0.39 is 16.1 Å². The summed E-state index contributed by atoms with van der Waals surface area (Å²) < 4.78 is 26.9. The van der Waals surface area contributed by atoms with E-state index in [1.165, 1.54) is 15.6 Å². The lowest BCUT2D eigenvalue weighted by molar-refractivity contribution is 0.0921. The molecule has 1 aliphatic heterocycles. The van der Waals surface area contributed by atoms with E-state index in [0.29, 0.717) is 36.9 Å². The van der Waals surface area contributed by atoms with Gasteiger partial charge in [0.05, 0.1) is 6.10 Å². The summed E-state index contributed by atoms with van der Waals surface area (Å²) in [5.41, 5.74) is 0.890. The maximum atomic E-state index is 12.5. The summed E-state index contributed by atoms with van der Waals surface area (Å²) in [6.07, 6.45) is -0.545. The highest BCUT2D eigenvalue weighted by atomic mass is 32.2. The van der Waals surface area contributed by atoms with Crippen LogP contribution in [0, 0.1) is 0 Å². The van der Waals surface area contributed by atoms with E-state index in [1.807, 2.05) is 30.3 Å². The summed E-state index contributed by atoms with van der Waals surface area (Å²) in [5.74, 6) is 0. The summed E-state index contributed by atoms with van der Waals surface area (Å²) in [6.45, 7) is 2.71. The lowest BCUT2D eigenvalue weighted by Crippen LogP contribution is -2.49. The second-order valence-corrected chi connectivity index (χ2v) is 8.68. The van der Waals surface area contributed by atoms with Crippen LogP contribution in [0.3, 0.4) is 0 Å². The van der Waals surface area contributed by atoms with E-state index in [2.05, 4.69) is 4.90 Å². The molecule has 0 bridgehead atoms. The van der Waals surface area contributed by atoms with Crippen LogP contribution in [0.25, 0.3) is 0 Å². The van der Waals surface area contributed by atoms with Gasteiger partial charge in [0.2, 0.25) is 0 Å². The number of aliphatic hydroxyl groups excluding tert-OH is 1. The third-order valence-electron chi connectivity index (χ3n) is 4.04. The Bertz CT molecular complexity index is 709. The molecule has 0 saturated carbocycles. The molecule has 7 heteroatoms. The number of hydrogen-bond donors (Lipinski definition) is 1. The van der Waals surface area contributed by atoms with Crippen molar-refractivity contribution in [3.8, 4) is 0 Å². The third-order valence-corrected chi connectivity index (χ3v) is 7.31. The molecule has 5 nitrogen and oxygen atoms in total. The van der Waals surface area contributed by atoms with Crippen LogP contribution in [0.15, 0.2) is 52.1 Å². The van der Waals surface area contributed by atoms with Gasteiger partial charge in [-0.15, -0.1) is 11.3 Å². The summed E-state index contributed by atoms with van der Waals surface area (Å²) in [7, 11) is -3.36. The van der Waals surface area contributed by atoms with Crippen LogP contribution in [-0.2, 0) is 10.0 Å². The Morgan fingerprint density at radius 1 is 1.04 bits per heavy atom. The topological polar surface area (TPSA) is 60.9 Å². The minimum absolute atomic E-state index is 0.398. The molecule has 1 aromatic heterocycles. The van der Waals surface area contributed by atoms with Crippen molar-refractivity contribution in [3.05, 3.63) is 53.4 Å². The molecular formula is C16H20N2O3S2. The van der Waals surface area contributed by atoms with Gasteiger partial charge < -0.3 is 5.11 Å². The highest BCUT2D eigenvalue weighted by molar-refractivity contribution is 7.91. The molecule has 0 unspecified atom stereocenters. The fraction of sp³-hybridized carbons (Fsp3) is 0.375. The predicted molar refractivity (Wildman–Crippen MR) is 90.9 cm³/mol. The van der Waals surface area contributed by atoms with Gasteiger partial charge in [-0.3, -0.25) is 4.90 Å².